The van der Waals surface area contributed by atoms with Crippen LogP contribution in [-0.2, 0) is 16.4 Å². The van der Waals surface area contributed by atoms with E-state index in [0.717, 1.165) is 16.4 Å². The summed E-state index contributed by atoms with van der Waals surface area (Å²) in [6, 6.07) is 6.12. The van der Waals surface area contributed by atoms with Crippen molar-refractivity contribution in [1.82, 2.24) is 0 Å². The van der Waals surface area contributed by atoms with Gasteiger partial charge in [0.15, 0.2) is 0 Å². The van der Waals surface area contributed by atoms with E-state index >= 15 is 0 Å². The Labute approximate surface area is 140 Å². The van der Waals surface area contributed by atoms with Crippen LogP contribution in [0.4, 0.5) is 14.5 Å². The van der Waals surface area contributed by atoms with Crippen LogP contribution in [0.1, 0.15) is 5.56 Å². The molecular weight excluding hydrogens is 392 g/mol. The first-order valence-corrected chi connectivity index (χ1v) is 8.92. The molecule has 0 saturated heterocycles. The summed E-state index contributed by atoms with van der Waals surface area (Å²) in [6.45, 7) is 0.0711. The van der Waals surface area contributed by atoms with Gasteiger partial charge in [-0.25, -0.2) is 17.2 Å². The van der Waals surface area contributed by atoms with Gasteiger partial charge in [-0.15, -0.1) is 0 Å². The van der Waals surface area contributed by atoms with E-state index in [1.54, 1.807) is 0 Å². The molecule has 1 aliphatic heterocycles. The van der Waals surface area contributed by atoms with Crippen LogP contribution >= 0.6 is 15.9 Å². The van der Waals surface area contributed by atoms with Crippen LogP contribution in [-0.4, -0.2) is 22.1 Å². The van der Waals surface area contributed by atoms with Gasteiger partial charge in [0.25, 0.3) is 10.0 Å². The molecule has 4 nitrogen and oxygen atoms in total. The van der Waals surface area contributed by atoms with Gasteiger partial charge < -0.3 is 4.74 Å². The van der Waals surface area contributed by atoms with Crippen molar-refractivity contribution >= 4 is 31.6 Å². The molecule has 0 bridgehead atoms. The van der Waals surface area contributed by atoms with Crippen molar-refractivity contribution in [3.63, 3.8) is 0 Å². The van der Waals surface area contributed by atoms with Crippen LogP contribution < -0.4 is 9.04 Å². The second-order valence-corrected chi connectivity index (χ2v) is 7.73. The number of halogens is 3. The van der Waals surface area contributed by atoms with Crippen molar-refractivity contribution in [2.45, 2.75) is 11.3 Å². The van der Waals surface area contributed by atoms with Crippen LogP contribution in [0.15, 0.2) is 39.7 Å². The van der Waals surface area contributed by atoms with Gasteiger partial charge in [0.1, 0.15) is 17.4 Å². The summed E-state index contributed by atoms with van der Waals surface area (Å²) >= 11 is 3.24. The normalized spacial score (nSPS) is 14.0. The number of nitrogens with zero attached hydrogens (tertiary/aromatic N) is 1. The third-order valence-corrected chi connectivity index (χ3v) is 6.11. The van der Waals surface area contributed by atoms with E-state index in [0.29, 0.717) is 10.2 Å². The monoisotopic (exact) mass is 403 g/mol. The number of rotatable bonds is 3. The second-order valence-electron chi connectivity index (χ2n) is 5.01. The van der Waals surface area contributed by atoms with Crippen molar-refractivity contribution in [2.75, 3.05) is 18.0 Å². The molecule has 0 aliphatic carbocycles. The highest BCUT2D eigenvalue weighted by Crippen LogP contribution is 2.36. The molecule has 122 valence electrons. The number of hydrogen-bond acceptors (Lipinski definition) is 3. The van der Waals surface area contributed by atoms with Gasteiger partial charge in [-0.05, 0) is 46.6 Å². The lowest BCUT2D eigenvalue weighted by Gasteiger charge is -2.20. The van der Waals surface area contributed by atoms with Crippen molar-refractivity contribution in [2.24, 2.45) is 0 Å². The van der Waals surface area contributed by atoms with E-state index in [1.807, 2.05) is 0 Å². The zero-order chi connectivity index (χ0) is 16.8. The van der Waals surface area contributed by atoms with Crippen LogP contribution in [0, 0.1) is 11.6 Å². The minimum Gasteiger partial charge on any atom is -0.496 e. The molecule has 0 saturated carbocycles. The van der Waals surface area contributed by atoms with Gasteiger partial charge in [0.2, 0.25) is 0 Å². The molecule has 1 aliphatic rings. The molecule has 0 unspecified atom stereocenters. The minimum atomic E-state index is -3.92. The summed E-state index contributed by atoms with van der Waals surface area (Å²) in [5.74, 6) is -1.05. The Kier molecular flexibility index (Phi) is 4.05. The van der Waals surface area contributed by atoms with E-state index in [4.69, 9.17) is 4.74 Å². The topological polar surface area (TPSA) is 46.6 Å². The second kappa shape index (κ2) is 5.76. The molecule has 3 rings (SSSR count). The SMILES string of the molecule is COc1ccc(S(=O)(=O)N2CCc3c(F)cc(F)cc32)cc1Br. The minimum absolute atomic E-state index is 0.0164. The third-order valence-electron chi connectivity index (χ3n) is 3.68. The first-order chi connectivity index (χ1) is 10.8. The number of sulfonamides is 1. The average Bonchev–Trinajstić information content (AvgIpc) is 2.91. The van der Waals surface area contributed by atoms with Crippen molar-refractivity contribution in [3.05, 3.63) is 52.0 Å². The van der Waals surface area contributed by atoms with Crippen molar-refractivity contribution in [3.8, 4) is 5.75 Å². The summed E-state index contributed by atoms with van der Waals surface area (Å²) in [5.41, 5.74) is 0.261. The lowest BCUT2D eigenvalue weighted by atomic mass is 10.1. The molecule has 0 aromatic heterocycles. The summed E-state index contributed by atoms with van der Waals surface area (Å²) in [4.78, 5) is 0.0164. The molecule has 8 heteroatoms. The summed E-state index contributed by atoms with van der Waals surface area (Å²) in [7, 11) is -2.45. The van der Waals surface area contributed by atoms with Crippen LogP contribution in [0.5, 0.6) is 5.75 Å². The zero-order valence-corrected chi connectivity index (χ0v) is 14.4. The maximum absolute atomic E-state index is 13.8. The number of anilines is 1. The number of hydrogen-bond donors (Lipinski definition) is 0. The third kappa shape index (κ3) is 2.70. The molecule has 0 radical (unpaired) electrons. The highest BCUT2D eigenvalue weighted by Gasteiger charge is 2.33. The van der Waals surface area contributed by atoms with Crippen LogP contribution in [0.2, 0.25) is 0 Å². The highest BCUT2D eigenvalue weighted by atomic mass is 79.9. The van der Waals surface area contributed by atoms with Gasteiger partial charge in [0, 0.05) is 18.2 Å². The van der Waals surface area contributed by atoms with E-state index in [2.05, 4.69) is 15.9 Å². The predicted molar refractivity (Wildman–Crippen MR) is 85.3 cm³/mol. The standard InChI is InChI=1S/C15H12BrF2NO3S/c1-22-15-3-2-10(8-12(15)16)23(20,21)19-5-4-11-13(18)6-9(17)7-14(11)19/h2-3,6-8H,4-5H2,1H3. The van der Waals surface area contributed by atoms with Gasteiger partial charge in [-0.2, -0.15) is 0 Å². The fraction of sp³-hybridized carbons (Fsp3) is 0.200. The van der Waals surface area contributed by atoms with Crippen LogP contribution in [0.25, 0.3) is 0 Å². The number of fused-ring (bicyclic) bond motifs is 1. The van der Waals surface area contributed by atoms with Gasteiger partial charge in [-0.3, -0.25) is 4.31 Å². The smallest absolute Gasteiger partial charge is 0.264 e. The van der Waals surface area contributed by atoms with Crippen LogP contribution in [0.3, 0.4) is 0 Å². The lowest BCUT2D eigenvalue weighted by molar-refractivity contribution is 0.411. The molecule has 2 aromatic rings. The summed E-state index contributed by atoms with van der Waals surface area (Å²) in [6.07, 6.45) is 0.206. The first-order valence-electron chi connectivity index (χ1n) is 6.69. The van der Waals surface area contributed by atoms with E-state index in [-0.39, 0.29) is 29.1 Å². The maximum Gasteiger partial charge on any atom is 0.264 e. The maximum atomic E-state index is 13.8. The Balaban J connectivity index is 2.08. The average molecular weight is 404 g/mol. The van der Waals surface area contributed by atoms with Gasteiger partial charge >= 0.3 is 0 Å². The zero-order valence-electron chi connectivity index (χ0n) is 12.0. The summed E-state index contributed by atoms with van der Waals surface area (Å²) in [5, 5.41) is 0. The highest BCUT2D eigenvalue weighted by molar-refractivity contribution is 9.10. The Morgan fingerprint density at radius 2 is 1.96 bits per heavy atom. The fourth-order valence-electron chi connectivity index (χ4n) is 2.58. The Bertz CT molecular complexity index is 887. The molecule has 23 heavy (non-hydrogen) atoms. The summed E-state index contributed by atoms with van der Waals surface area (Å²) < 4.78 is 59.4. The Morgan fingerprint density at radius 3 is 2.61 bits per heavy atom. The van der Waals surface area contributed by atoms with E-state index < -0.39 is 21.7 Å². The number of ether oxygens (including phenoxy) is 1. The molecule has 0 amide bonds. The molecule has 1 heterocycles. The predicted octanol–water partition coefficient (Wildman–Crippen LogP) is 3.49. The van der Waals surface area contributed by atoms with Gasteiger partial charge in [0.05, 0.1) is 22.2 Å². The van der Waals surface area contributed by atoms with E-state index in [9.17, 15) is 17.2 Å². The Hall–Kier alpha value is -1.67. The quantitative estimate of drug-likeness (QED) is 0.787. The molecule has 0 spiro atoms. The molecule has 0 N–H and O–H groups in total. The van der Waals surface area contributed by atoms with Crippen molar-refractivity contribution in [1.29, 1.82) is 0 Å². The number of benzene rings is 2. The number of methoxy groups -OCH3 is 1. The van der Waals surface area contributed by atoms with Gasteiger partial charge in [-0.1, -0.05) is 0 Å². The molecule has 0 fully saturated rings. The largest absolute Gasteiger partial charge is 0.496 e. The molecule has 2 aromatic carbocycles. The lowest BCUT2D eigenvalue weighted by Crippen LogP contribution is -2.29. The fourth-order valence-corrected chi connectivity index (χ4v) is 4.79. The first kappa shape index (κ1) is 16.2. The Morgan fingerprint density at radius 1 is 1.22 bits per heavy atom. The van der Waals surface area contributed by atoms with E-state index in [1.165, 1.54) is 25.3 Å². The molecular formula is C15H12BrF2NO3S. The van der Waals surface area contributed by atoms with Crippen molar-refractivity contribution < 1.29 is 21.9 Å². The molecule has 0 atom stereocenters.